The minimum Gasteiger partial charge on any atom is -0.423 e. The SMILES string of the molecule is OB(O)c1ccc(CF)nc1. The standard InChI is InChI=1S/C6H7BFNO2/c8-3-6-2-1-5(4-9-6)7(10)11/h1-2,4,10-11H,3H2. The molecular weight excluding hydrogens is 148 g/mol. The van der Waals surface area contributed by atoms with Crippen molar-refractivity contribution in [1.29, 1.82) is 0 Å². The van der Waals surface area contributed by atoms with E-state index in [1.54, 1.807) is 0 Å². The molecule has 2 N–H and O–H groups in total. The largest absolute Gasteiger partial charge is 0.490 e. The molecule has 1 heterocycles. The number of pyridine rings is 1. The van der Waals surface area contributed by atoms with Gasteiger partial charge in [-0.25, -0.2) is 4.39 Å². The van der Waals surface area contributed by atoms with E-state index in [0.717, 1.165) is 0 Å². The first-order valence-electron chi connectivity index (χ1n) is 3.11. The molecule has 0 atom stereocenters. The minimum atomic E-state index is -1.53. The molecule has 1 rings (SSSR count). The lowest BCUT2D eigenvalue weighted by Gasteiger charge is -1.97. The van der Waals surface area contributed by atoms with Gasteiger partial charge in [-0.1, -0.05) is 6.07 Å². The summed E-state index contributed by atoms with van der Waals surface area (Å²) in [6.07, 6.45) is 1.24. The monoisotopic (exact) mass is 155 g/mol. The fourth-order valence-corrected chi connectivity index (χ4v) is 0.668. The van der Waals surface area contributed by atoms with E-state index in [9.17, 15) is 4.39 Å². The van der Waals surface area contributed by atoms with Gasteiger partial charge in [-0.15, -0.1) is 0 Å². The van der Waals surface area contributed by atoms with Crippen LogP contribution in [-0.2, 0) is 6.67 Å². The van der Waals surface area contributed by atoms with E-state index in [0.29, 0.717) is 0 Å². The molecule has 0 saturated carbocycles. The van der Waals surface area contributed by atoms with Crippen molar-refractivity contribution in [2.24, 2.45) is 0 Å². The molecule has 0 radical (unpaired) electrons. The van der Waals surface area contributed by atoms with Gasteiger partial charge in [-0.05, 0) is 6.07 Å². The Labute approximate surface area is 63.7 Å². The van der Waals surface area contributed by atoms with Crippen LogP contribution >= 0.6 is 0 Å². The van der Waals surface area contributed by atoms with E-state index < -0.39 is 13.8 Å². The van der Waals surface area contributed by atoms with Crippen LogP contribution in [0, 0.1) is 0 Å². The highest BCUT2D eigenvalue weighted by molar-refractivity contribution is 6.58. The maximum absolute atomic E-state index is 11.9. The summed E-state index contributed by atoms with van der Waals surface area (Å²) in [6, 6.07) is 2.83. The third kappa shape index (κ3) is 1.99. The molecule has 58 valence electrons. The zero-order valence-corrected chi connectivity index (χ0v) is 5.74. The van der Waals surface area contributed by atoms with Crippen LogP contribution in [0.5, 0.6) is 0 Å². The molecule has 0 unspecified atom stereocenters. The second kappa shape index (κ2) is 3.45. The van der Waals surface area contributed by atoms with Gasteiger partial charge >= 0.3 is 7.12 Å². The second-order valence-corrected chi connectivity index (χ2v) is 2.09. The number of hydrogen-bond acceptors (Lipinski definition) is 3. The molecule has 0 aliphatic heterocycles. The Morgan fingerprint density at radius 3 is 2.55 bits per heavy atom. The van der Waals surface area contributed by atoms with Crippen LogP contribution in [0.15, 0.2) is 18.3 Å². The van der Waals surface area contributed by atoms with Crippen LogP contribution in [-0.4, -0.2) is 22.2 Å². The Morgan fingerprint density at radius 1 is 1.45 bits per heavy atom. The Bertz CT molecular complexity index is 227. The summed E-state index contributed by atoms with van der Waals surface area (Å²) in [5.41, 5.74) is 0.552. The van der Waals surface area contributed by atoms with E-state index >= 15 is 0 Å². The average Bonchev–Trinajstić information content (AvgIpc) is 2.05. The molecule has 1 aromatic heterocycles. The van der Waals surface area contributed by atoms with Crippen LogP contribution in [0.2, 0.25) is 0 Å². The van der Waals surface area contributed by atoms with Crippen molar-refractivity contribution in [3.63, 3.8) is 0 Å². The Kier molecular flexibility index (Phi) is 2.56. The molecule has 0 amide bonds. The van der Waals surface area contributed by atoms with Crippen LogP contribution in [0.3, 0.4) is 0 Å². The van der Waals surface area contributed by atoms with E-state index in [-0.39, 0.29) is 11.2 Å². The maximum atomic E-state index is 11.9. The van der Waals surface area contributed by atoms with E-state index in [4.69, 9.17) is 10.0 Å². The Balaban J connectivity index is 2.83. The highest BCUT2D eigenvalue weighted by atomic mass is 19.1. The second-order valence-electron chi connectivity index (χ2n) is 2.09. The van der Waals surface area contributed by atoms with E-state index in [1.165, 1.54) is 18.3 Å². The molecule has 0 fully saturated rings. The minimum absolute atomic E-state index is 0.266. The lowest BCUT2D eigenvalue weighted by molar-refractivity contribution is 0.425. The zero-order chi connectivity index (χ0) is 8.27. The molecule has 5 heteroatoms. The van der Waals surface area contributed by atoms with Gasteiger partial charge in [0.2, 0.25) is 0 Å². The number of halogens is 1. The van der Waals surface area contributed by atoms with E-state index in [1.807, 2.05) is 0 Å². The quantitative estimate of drug-likeness (QED) is 0.551. The van der Waals surface area contributed by atoms with Crippen molar-refractivity contribution in [3.8, 4) is 0 Å². The summed E-state index contributed by atoms with van der Waals surface area (Å²) >= 11 is 0. The van der Waals surface area contributed by atoms with Gasteiger partial charge in [0, 0.05) is 11.7 Å². The summed E-state index contributed by atoms with van der Waals surface area (Å²) in [5, 5.41) is 17.2. The number of alkyl halides is 1. The third-order valence-corrected chi connectivity index (χ3v) is 1.28. The topological polar surface area (TPSA) is 53.4 Å². The summed E-state index contributed by atoms with van der Waals surface area (Å²) in [6.45, 7) is -0.637. The average molecular weight is 155 g/mol. The highest BCUT2D eigenvalue weighted by Crippen LogP contribution is 1.93. The molecule has 1 aromatic rings. The fourth-order valence-electron chi connectivity index (χ4n) is 0.668. The number of hydrogen-bond donors (Lipinski definition) is 2. The van der Waals surface area contributed by atoms with Gasteiger partial charge in [0.05, 0.1) is 5.69 Å². The van der Waals surface area contributed by atoms with E-state index in [2.05, 4.69) is 4.98 Å². The van der Waals surface area contributed by atoms with Crippen molar-refractivity contribution in [2.75, 3.05) is 0 Å². The van der Waals surface area contributed by atoms with Crippen LogP contribution in [0.25, 0.3) is 0 Å². The Morgan fingerprint density at radius 2 is 2.18 bits per heavy atom. The fraction of sp³-hybridized carbons (Fsp3) is 0.167. The third-order valence-electron chi connectivity index (χ3n) is 1.28. The predicted octanol–water partition coefficient (Wildman–Crippen LogP) is -0.769. The summed E-state index contributed by atoms with van der Waals surface area (Å²) in [4.78, 5) is 3.62. The first kappa shape index (κ1) is 8.16. The lowest BCUT2D eigenvalue weighted by atomic mass is 9.82. The predicted molar refractivity (Wildman–Crippen MR) is 38.9 cm³/mol. The molecule has 0 aliphatic rings. The molecule has 0 bridgehead atoms. The Hall–Kier alpha value is -0.935. The molecular formula is C6H7BFNO2. The first-order valence-corrected chi connectivity index (χ1v) is 3.11. The van der Waals surface area contributed by atoms with Gasteiger partial charge < -0.3 is 10.0 Å². The van der Waals surface area contributed by atoms with Crippen LogP contribution in [0.1, 0.15) is 5.69 Å². The number of nitrogens with zero attached hydrogens (tertiary/aromatic N) is 1. The van der Waals surface area contributed by atoms with Gasteiger partial charge in [-0.2, -0.15) is 0 Å². The number of rotatable bonds is 2. The maximum Gasteiger partial charge on any atom is 0.490 e. The molecule has 3 nitrogen and oxygen atoms in total. The molecule has 0 saturated heterocycles. The van der Waals surface area contributed by atoms with Gasteiger partial charge in [0.25, 0.3) is 0 Å². The summed E-state index contributed by atoms with van der Waals surface area (Å²) < 4.78 is 11.9. The van der Waals surface area contributed by atoms with Crippen molar-refractivity contribution >= 4 is 12.6 Å². The highest BCUT2D eigenvalue weighted by Gasteiger charge is 2.09. The van der Waals surface area contributed by atoms with Gasteiger partial charge in [0.15, 0.2) is 0 Å². The number of aromatic nitrogens is 1. The van der Waals surface area contributed by atoms with Crippen LogP contribution < -0.4 is 5.46 Å². The van der Waals surface area contributed by atoms with Gasteiger partial charge in [-0.3, -0.25) is 4.98 Å². The smallest absolute Gasteiger partial charge is 0.423 e. The van der Waals surface area contributed by atoms with Gasteiger partial charge in [0.1, 0.15) is 6.67 Å². The van der Waals surface area contributed by atoms with Crippen molar-refractivity contribution in [1.82, 2.24) is 4.98 Å². The summed E-state index contributed by atoms with van der Waals surface area (Å²) in [5.74, 6) is 0. The molecule has 11 heavy (non-hydrogen) atoms. The van der Waals surface area contributed by atoms with Crippen molar-refractivity contribution in [2.45, 2.75) is 6.67 Å². The lowest BCUT2D eigenvalue weighted by Crippen LogP contribution is -2.30. The van der Waals surface area contributed by atoms with Crippen molar-refractivity contribution < 1.29 is 14.4 Å². The van der Waals surface area contributed by atoms with Crippen molar-refractivity contribution in [3.05, 3.63) is 24.0 Å². The summed E-state index contributed by atoms with van der Waals surface area (Å²) in [7, 11) is -1.53. The molecule has 0 aromatic carbocycles. The molecule has 0 spiro atoms. The molecule has 0 aliphatic carbocycles. The first-order chi connectivity index (χ1) is 5.24. The zero-order valence-electron chi connectivity index (χ0n) is 5.74. The van der Waals surface area contributed by atoms with Crippen LogP contribution in [0.4, 0.5) is 4.39 Å². The normalized spacial score (nSPS) is 9.73.